The van der Waals surface area contributed by atoms with Gasteiger partial charge in [0.25, 0.3) is 0 Å². The largest absolute Gasteiger partial charge is 0.465 e. The van der Waals surface area contributed by atoms with E-state index in [1.807, 2.05) is 28.8 Å². The fourth-order valence-corrected chi connectivity index (χ4v) is 4.10. The third-order valence-electron chi connectivity index (χ3n) is 4.10. The van der Waals surface area contributed by atoms with Gasteiger partial charge in [-0.25, -0.2) is 18.2 Å². The zero-order chi connectivity index (χ0) is 18.7. The number of esters is 1. The summed E-state index contributed by atoms with van der Waals surface area (Å²) in [6.07, 6.45) is 3.52. The van der Waals surface area contributed by atoms with Crippen LogP contribution in [0.1, 0.15) is 23.0 Å². The van der Waals surface area contributed by atoms with Gasteiger partial charge < -0.3 is 9.14 Å². The molecule has 0 N–H and O–H groups in total. The van der Waals surface area contributed by atoms with Crippen molar-refractivity contribution in [3.8, 4) is 0 Å². The normalized spacial score (nSPS) is 11.8. The number of methoxy groups -OCH3 is 1. The lowest BCUT2D eigenvalue weighted by atomic mass is 10.2. The Morgan fingerprint density at radius 2 is 1.92 bits per heavy atom. The molecule has 0 unspecified atom stereocenters. The van der Waals surface area contributed by atoms with E-state index >= 15 is 0 Å². The minimum atomic E-state index is -3.70. The molecule has 0 atom stereocenters. The van der Waals surface area contributed by atoms with E-state index in [0.29, 0.717) is 12.1 Å². The van der Waals surface area contributed by atoms with Gasteiger partial charge in [-0.3, -0.25) is 0 Å². The van der Waals surface area contributed by atoms with E-state index in [-0.39, 0.29) is 11.4 Å². The molecule has 0 fully saturated rings. The molecule has 2 aromatic heterocycles. The van der Waals surface area contributed by atoms with Crippen LogP contribution in [0.15, 0.2) is 59.8 Å². The summed E-state index contributed by atoms with van der Waals surface area (Å²) in [5.74, 6) is -0.507. The smallest absolute Gasteiger partial charge is 0.337 e. The van der Waals surface area contributed by atoms with Crippen LogP contribution >= 0.6 is 0 Å². The highest BCUT2D eigenvalue weighted by atomic mass is 32.2. The van der Waals surface area contributed by atoms with Crippen LogP contribution in [0.2, 0.25) is 0 Å². The second-order valence-corrected chi connectivity index (χ2v) is 7.56. The van der Waals surface area contributed by atoms with Crippen molar-refractivity contribution in [2.45, 2.75) is 18.4 Å². The Morgan fingerprint density at radius 1 is 1.19 bits per heavy atom. The molecule has 3 aromatic rings. The first-order valence-electron chi connectivity index (χ1n) is 8.07. The van der Waals surface area contributed by atoms with Crippen LogP contribution in [0.5, 0.6) is 0 Å². The summed E-state index contributed by atoms with van der Waals surface area (Å²) < 4.78 is 33.8. The first-order valence-corrected chi connectivity index (χ1v) is 9.51. The number of hydrogen-bond donors (Lipinski definition) is 0. The minimum Gasteiger partial charge on any atom is -0.465 e. The molecule has 0 saturated heterocycles. The van der Waals surface area contributed by atoms with Crippen molar-refractivity contribution in [2.75, 3.05) is 13.7 Å². The maximum atomic E-state index is 13.0. The highest BCUT2D eigenvalue weighted by Gasteiger charge is 2.24. The number of benzene rings is 1. The number of fused-ring (bicyclic) bond motifs is 1. The van der Waals surface area contributed by atoms with Crippen molar-refractivity contribution in [3.63, 3.8) is 0 Å². The van der Waals surface area contributed by atoms with Gasteiger partial charge in [0, 0.05) is 12.7 Å². The molecule has 3 rings (SSSR count). The third kappa shape index (κ3) is 3.33. The van der Waals surface area contributed by atoms with Crippen LogP contribution < -0.4 is 0 Å². The van der Waals surface area contributed by atoms with Gasteiger partial charge in [-0.2, -0.15) is 4.31 Å². The van der Waals surface area contributed by atoms with Crippen molar-refractivity contribution in [3.05, 3.63) is 66.1 Å². The monoisotopic (exact) mass is 373 g/mol. The number of imidazole rings is 1. The number of hydrogen-bond acceptors (Lipinski definition) is 5. The number of rotatable bonds is 6. The molecule has 7 nitrogen and oxygen atoms in total. The molecule has 0 aliphatic rings. The van der Waals surface area contributed by atoms with Crippen molar-refractivity contribution in [1.82, 2.24) is 13.7 Å². The number of nitrogens with zero attached hydrogens (tertiary/aromatic N) is 3. The Hall–Kier alpha value is -2.71. The molecule has 26 heavy (non-hydrogen) atoms. The molecule has 0 bridgehead atoms. The molecule has 0 radical (unpaired) electrons. The van der Waals surface area contributed by atoms with Gasteiger partial charge in [-0.1, -0.05) is 13.0 Å². The van der Waals surface area contributed by atoms with Crippen molar-refractivity contribution in [2.24, 2.45) is 0 Å². The zero-order valence-electron chi connectivity index (χ0n) is 14.5. The van der Waals surface area contributed by atoms with Crippen LogP contribution in [0.4, 0.5) is 0 Å². The number of aromatic nitrogens is 2. The summed E-state index contributed by atoms with van der Waals surface area (Å²) in [4.78, 5) is 15.9. The molecule has 2 heterocycles. The first kappa shape index (κ1) is 18.1. The van der Waals surface area contributed by atoms with Gasteiger partial charge in [0.1, 0.15) is 5.65 Å². The van der Waals surface area contributed by atoms with Crippen molar-refractivity contribution >= 4 is 21.6 Å². The van der Waals surface area contributed by atoms with E-state index < -0.39 is 16.0 Å². The SMILES string of the molecule is CCN(Cc1cnc2ccccn12)S(=O)(=O)c1ccc(C(=O)OC)cc1. The van der Waals surface area contributed by atoms with E-state index in [1.54, 1.807) is 13.1 Å². The number of ether oxygens (including phenoxy) is 1. The van der Waals surface area contributed by atoms with Gasteiger partial charge in [0.2, 0.25) is 10.0 Å². The Bertz CT molecular complexity index is 1030. The quantitative estimate of drug-likeness (QED) is 0.620. The van der Waals surface area contributed by atoms with Crippen LogP contribution in [0.25, 0.3) is 5.65 Å². The fraction of sp³-hybridized carbons (Fsp3) is 0.222. The predicted octanol–water partition coefficient (Wildman–Crippen LogP) is 2.33. The maximum Gasteiger partial charge on any atom is 0.337 e. The summed E-state index contributed by atoms with van der Waals surface area (Å²) in [5.41, 5.74) is 1.84. The van der Waals surface area contributed by atoms with Gasteiger partial charge in [0.05, 0.1) is 36.0 Å². The highest BCUT2D eigenvalue weighted by molar-refractivity contribution is 7.89. The number of pyridine rings is 1. The average molecular weight is 373 g/mol. The lowest BCUT2D eigenvalue weighted by Crippen LogP contribution is -2.31. The summed E-state index contributed by atoms with van der Waals surface area (Å²) >= 11 is 0. The minimum absolute atomic E-state index is 0.126. The molecule has 1 aromatic carbocycles. The van der Waals surface area contributed by atoms with Gasteiger partial charge in [-0.15, -0.1) is 0 Å². The van der Waals surface area contributed by atoms with Crippen LogP contribution in [0, 0.1) is 0 Å². The number of carbonyl (C=O) groups is 1. The maximum absolute atomic E-state index is 13.0. The second-order valence-electron chi connectivity index (χ2n) is 5.63. The van der Waals surface area contributed by atoms with Crippen LogP contribution in [-0.4, -0.2) is 41.7 Å². The first-order chi connectivity index (χ1) is 12.5. The van der Waals surface area contributed by atoms with Crippen LogP contribution in [0.3, 0.4) is 0 Å². The van der Waals surface area contributed by atoms with E-state index in [2.05, 4.69) is 9.72 Å². The molecule has 0 aliphatic heterocycles. The Balaban J connectivity index is 1.89. The molecule has 0 spiro atoms. The molecule has 0 saturated carbocycles. The lowest BCUT2D eigenvalue weighted by molar-refractivity contribution is 0.0600. The molecule has 136 valence electrons. The van der Waals surface area contributed by atoms with E-state index in [0.717, 1.165) is 11.3 Å². The van der Waals surface area contributed by atoms with E-state index in [1.165, 1.54) is 35.7 Å². The molecule has 0 aliphatic carbocycles. The summed E-state index contributed by atoms with van der Waals surface area (Å²) in [5, 5.41) is 0. The number of sulfonamides is 1. The number of carbonyl (C=O) groups excluding carboxylic acids is 1. The Kier molecular flexibility index (Phi) is 5.06. The van der Waals surface area contributed by atoms with Gasteiger partial charge >= 0.3 is 5.97 Å². The predicted molar refractivity (Wildman–Crippen MR) is 96.2 cm³/mol. The zero-order valence-corrected chi connectivity index (χ0v) is 15.3. The van der Waals surface area contributed by atoms with E-state index in [9.17, 15) is 13.2 Å². The highest BCUT2D eigenvalue weighted by Crippen LogP contribution is 2.19. The summed E-state index contributed by atoms with van der Waals surface area (Å²) in [6.45, 7) is 2.29. The second kappa shape index (κ2) is 7.27. The average Bonchev–Trinajstić information content (AvgIpc) is 3.08. The van der Waals surface area contributed by atoms with Gasteiger partial charge in [-0.05, 0) is 36.4 Å². The summed E-state index contributed by atoms with van der Waals surface area (Å²) in [7, 11) is -2.43. The van der Waals surface area contributed by atoms with E-state index in [4.69, 9.17) is 0 Å². The topological polar surface area (TPSA) is 81.0 Å². The standard InChI is InChI=1S/C18H19N3O4S/c1-3-20(13-15-12-19-17-6-4-5-11-21(15)17)26(23,24)16-9-7-14(8-10-16)18(22)25-2/h4-12H,3,13H2,1-2H3. The molecule has 0 amide bonds. The van der Waals surface area contributed by atoms with Crippen molar-refractivity contribution in [1.29, 1.82) is 0 Å². The fourth-order valence-electron chi connectivity index (χ4n) is 2.68. The Labute approximate surface area is 151 Å². The van der Waals surface area contributed by atoms with Crippen molar-refractivity contribution < 1.29 is 17.9 Å². The van der Waals surface area contributed by atoms with Crippen LogP contribution in [-0.2, 0) is 21.3 Å². The molecule has 8 heteroatoms. The van der Waals surface area contributed by atoms with Gasteiger partial charge in [0.15, 0.2) is 0 Å². The lowest BCUT2D eigenvalue weighted by Gasteiger charge is -2.20. The molecular formula is C18H19N3O4S. The molecular weight excluding hydrogens is 354 g/mol. The third-order valence-corrected chi connectivity index (χ3v) is 6.03. The summed E-state index contributed by atoms with van der Waals surface area (Å²) in [6, 6.07) is 11.3. The Morgan fingerprint density at radius 3 is 2.58 bits per heavy atom.